The zero-order chi connectivity index (χ0) is 26.7. The molecule has 1 saturated heterocycles. The molecule has 0 aromatic heterocycles. The fourth-order valence-electron chi connectivity index (χ4n) is 6.38. The molecule has 3 aromatic rings. The van der Waals surface area contributed by atoms with Crippen LogP contribution in [-0.2, 0) is 29.8 Å². The van der Waals surface area contributed by atoms with Gasteiger partial charge in [0.15, 0.2) is 0 Å². The van der Waals surface area contributed by atoms with E-state index < -0.39 is 11.8 Å². The van der Waals surface area contributed by atoms with Gasteiger partial charge in [0.25, 0.3) is 0 Å². The summed E-state index contributed by atoms with van der Waals surface area (Å²) in [6, 6.07) is 22.3. The molecule has 1 heterocycles. The molecule has 1 spiro atoms. The van der Waals surface area contributed by atoms with E-state index in [4.69, 9.17) is 9.84 Å². The Hall–Kier alpha value is -3.18. The summed E-state index contributed by atoms with van der Waals surface area (Å²) in [6.07, 6.45) is 3.83. The van der Waals surface area contributed by atoms with Crippen LogP contribution in [0.15, 0.2) is 66.7 Å². The maximum absolute atomic E-state index is 14.2. The Morgan fingerprint density at radius 1 is 1.05 bits per heavy atom. The van der Waals surface area contributed by atoms with Crippen molar-refractivity contribution in [1.29, 1.82) is 0 Å². The van der Waals surface area contributed by atoms with E-state index in [2.05, 4.69) is 67.3 Å². The van der Waals surface area contributed by atoms with Gasteiger partial charge in [-0.3, -0.25) is 9.69 Å². The lowest BCUT2D eigenvalue weighted by atomic mass is 9.72. The first kappa shape index (κ1) is 26.4. The summed E-state index contributed by atoms with van der Waals surface area (Å²) in [5.74, 6) is 0.443. The number of ether oxygens (including phenoxy) is 1. The fourth-order valence-corrected chi connectivity index (χ4v) is 6.38. The van der Waals surface area contributed by atoms with Crippen LogP contribution < -0.4 is 4.74 Å². The van der Waals surface area contributed by atoms with Gasteiger partial charge >= 0.3 is 5.97 Å². The highest BCUT2D eigenvalue weighted by Gasteiger charge is 2.45. The molecule has 2 aliphatic rings. The van der Waals surface area contributed by atoms with E-state index in [1.807, 2.05) is 0 Å². The van der Waals surface area contributed by atoms with Gasteiger partial charge in [-0.25, -0.2) is 4.39 Å². The number of aryl methyl sites for hydroxylation is 1. The van der Waals surface area contributed by atoms with Crippen LogP contribution in [-0.4, -0.2) is 29.1 Å². The molecule has 5 rings (SSSR count). The average molecular weight is 516 g/mol. The molecule has 200 valence electrons. The largest absolute Gasteiger partial charge is 0.489 e. The van der Waals surface area contributed by atoms with E-state index in [9.17, 15) is 9.18 Å². The number of halogens is 1. The highest BCUT2D eigenvalue weighted by molar-refractivity contribution is 5.67. The van der Waals surface area contributed by atoms with Gasteiger partial charge in [-0.2, -0.15) is 0 Å². The minimum atomic E-state index is -0.934. The number of carbonyl (C=O) groups is 1. The van der Waals surface area contributed by atoms with E-state index in [-0.39, 0.29) is 12.8 Å². The number of fused-ring (bicyclic) bond motifs is 2. The van der Waals surface area contributed by atoms with Gasteiger partial charge in [0.05, 0.1) is 0 Å². The summed E-state index contributed by atoms with van der Waals surface area (Å²) in [4.78, 5) is 13.3. The molecule has 0 radical (unpaired) electrons. The number of carboxylic acid groups (broad SMARTS) is 1. The number of hydrogen-bond acceptors (Lipinski definition) is 3. The second kappa shape index (κ2) is 11.3. The van der Waals surface area contributed by atoms with E-state index >= 15 is 0 Å². The molecule has 38 heavy (non-hydrogen) atoms. The topological polar surface area (TPSA) is 49.8 Å². The third-order valence-corrected chi connectivity index (χ3v) is 8.63. The molecule has 1 atom stereocenters. The van der Waals surface area contributed by atoms with Crippen molar-refractivity contribution in [2.45, 2.75) is 70.4 Å². The normalized spacial score (nSPS) is 18.6. The van der Waals surface area contributed by atoms with Crippen molar-refractivity contribution in [1.82, 2.24) is 4.90 Å². The summed E-state index contributed by atoms with van der Waals surface area (Å²) < 4.78 is 20.0. The standard InChI is InChI=1S/C33H38FNO3/c1-23(2)29-20-33(30-6-4-3-5-28(29)30)15-17-35(18-16-33)21-24-7-9-25(10-8-24)22-38-27-13-11-26(31(34)19-27)12-14-32(36)37/h3-11,13,19,23,29H,12,14-18,20-22H2,1-2H3,(H,36,37). The first-order chi connectivity index (χ1) is 18.3. The highest BCUT2D eigenvalue weighted by Crippen LogP contribution is 2.53. The van der Waals surface area contributed by atoms with Crippen LogP contribution in [0, 0.1) is 11.7 Å². The van der Waals surface area contributed by atoms with Crippen molar-refractivity contribution in [3.05, 3.63) is 100 Å². The summed E-state index contributed by atoms with van der Waals surface area (Å²) in [5.41, 5.74) is 6.26. The molecule has 5 heteroatoms. The molecule has 1 aliphatic carbocycles. The van der Waals surface area contributed by atoms with Gasteiger partial charge in [0, 0.05) is 19.0 Å². The molecular weight excluding hydrogens is 477 g/mol. The molecule has 0 saturated carbocycles. The summed E-state index contributed by atoms with van der Waals surface area (Å²) in [5, 5.41) is 8.79. The Morgan fingerprint density at radius 2 is 1.76 bits per heavy atom. The van der Waals surface area contributed by atoms with Gasteiger partial charge < -0.3 is 9.84 Å². The van der Waals surface area contributed by atoms with E-state index in [0.29, 0.717) is 35.2 Å². The molecule has 0 bridgehead atoms. The summed E-state index contributed by atoms with van der Waals surface area (Å²) >= 11 is 0. The molecule has 1 unspecified atom stereocenters. The first-order valence-electron chi connectivity index (χ1n) is 13.9. The zero-order valence-corrected chi connectivity index (χ0v) is 22.5. The van der Waals surface area contributed by atoms with Crippen molar-refractivity contribution >= 4 is 5.97 Å². The van der Waals surface area contributed by atoms with Gasteiger partial charge in [-0.15, -0.1) is 0 Å². The molecule has 1 N–H and O–H groups in total. The lowest BCUT2D eigenvalue weighted by Crippen LogP contribution is -2.41. The van der Waals surface area contributed by atoms with E-state index in [1.54, 1.807) is 23.3 Å². The maximum Gasteiger partial charge on any atom is 0.303 e. The van der Waals surface area contributed by atoms with E-state index in [1.165, 1.54) is 30.9 Å². The number of hydrogen-bond donors (Lipinski definition) is 1. The number of aliphatic carboxylic acids is 1. The van der Waals surface area contributed by atoms with Crippen LogP contribution in [0.5, 0.6) is 5.75 Å². The van der Waals surface area contributed by atoms with Crippen molar-refractivity contribution in [2.24, 2.45) is 5.92 Å². The van der Waals surface area contributed by atoms with Gasteiger partial charge in [0.2, 0.25) is 0 Å². The zero-order valence-electron chi connectivity index (χ0n) is 22.5. The van der Waals surface area contributed by atoms with Crippen molar-refractivity contribution < 1.29 is 19.0 Å². The summed E-state index contributed by atoms with van der Waals surface area (Å²) in [6.45, 7) is 8.29. The number of likely N-dealkylation sites (tertiary alicyclic amines) is 1. The number of rotatable bonds is 9. The SMILES string of the molecule is CC(C)C1CC2(CCN(Cc3ccc(COc4ccc(CCC(=O)O)c(F)c4)cc3)CC2)c2ccccc21. The Morgan fingerprint density at radius 3 is 2.45 bits per heavy atom. The number of benzene rings is 3. The predicted molar refractivity (Wildman–Crippen MR) is 148 cm³/mol. The fraction of sp³-hybridized carbons (Fsp3) is 0.424. The van der Waals surface area contributed by atoms with Crippen LogP contribution in [0.2, 0.25) is 0 Å². The maximum atomic E-state index is 14.2. The Bertz CT molecular complexity index is 1260. The molecule has 1 fully saturated rings. The second-order valence-corrected chi connectivity index (χ2v) is 11.5. The summed E-state index contributed by atoms with van der Waals surface area (Å²) in [7, 11) is 0. The molecule has 3 aromatic carbocycles. The second-order valence-electron chi connectivity index (χ2n) is 11.5. The monoisotopic (exact) mass is 515 g/mol. The quantitative estimate of drug-likeness (QED) is 0.330. The molecule has 1 aliphatic heterocycles. The van der Waals surface area contributed by atoms with Crippen LogP contribution in [0.4, 0.5) is 4.39 Å². The van der Waals surface area contributed by atoms with Crippen LogP contribution in [0.3, 0.4) is 0 Å². The van der Waals surface area contributed by atoms with Crippen molar-refractivity contribution in [3.8, 4) is 5.75 Å². The minimum absolute atomic E-state index is 0.0890. The van der Waals surface area contributed by atoms with Gasteiger partial charge in [0.1, 0.15) is 18.2 Å². The average Bonchev–Trinajstić information content (AvgIpc) is 3.23. The number of carboxylic acids is 1. The van der Waals surface area contributed by atoms with Crippen LogP contribution in [0.1, 0.15) is 73.3 Å². The predicted octanol–water partition coefficient (Wildman–Crippen LogP) is 7.10. The Balaban J connectivity index is 1.13. The lowest BCUT2D eigenvalue weighted by Gasteiger charge is -2.40. The van der Waals surface area contributed by atoms with Crippen molar-refractivity contribution in [3.63, 3.8) is 0 Å². The minimum Gasteiger partial charge on any atom is -0.489 e. The number of piperidine rings is 1. The molecule has 0 amide bonds. The highest BCUT2D eigenvalue weighted by atomic mass is 19.1. The Labute approximate surface area is 225 Å². The van der Waals surface area contributed by atoms with E-state index in [0.717, 1.165) is 25.2 Å². The van der Waals surface area contributed by atoms with Crippen molar-refractivity contribution in [2.75, 3.05) is 13.1 Å². The van der Waals surface area contributed by atoms with Gasteiger partial charge in [-0.1, -0.05) is 68.4 Å². The molecule has 4 nitrogen and oxygen atoms in total. The third-order valence-electron chi connectivity index (χ3n) is 8.63. The van der Waals surface area contributed by atoms with Crippen LogP contribution >= 0.6 is 0 Å². The van der Waals surface area contributed by atoms with Crippen LogP contribution in [0.25, 0.3) is 0 Å². The first-order valence-corrected chi connectivity index (χ1v) is 13.9. The van der Waals surface area contributed by atoms with Gasteiger partial charge in [-0.05, 0) is 89.9 Å². The number of nitrogens with zero attached hydrogens (tertiary/aromatic N) is 1. The third kappa shape index (κ3) is 5.78. The Kier molecular flexibility index (Phi) is 7.85. The lowest BCUT2D eigenvalue weighted by molar-refractivity contribution is -0.136. The smallest absolute Gasteiger partial charge is 0.303 e. The molecular formula is C33H38FNO3.